The van der Waals surface area contributed by atoms with Crippen LogP contribution in [-0.4, -0.2) is 32.2 Å². The molecule has 0 aliphatic heterocycles. The fourth-order valence-electron chi connectivity index (χ4n) is 2.79. The summed E-state index contributed by atoms with van der Waals surface area (Å²) in [6, 6.07) is 2.26. The van der Waals surface area contributed by atoms with Crippen molar-refractivity contribution < 1.29 is 4.79 Å². The summed E-state index contributed by atoms with van der Waals surface area (Å²) < 4.78 is 0.721. The Morgan fingerprint density at radius 3 is 2.68 bits per heavy atom. The largest absolute Gasteiger partial charge is 0.352 e. The number of thiocarbonyl (C=S) groups is 1. The molecule has 8 heteroatoms. The quantitative estimate of drug-likeness (QED) is 0.397. The second-order valence-electron chi connectivity index (χ2n) is 6.75. The van der Waals surface area contributed by atoms with Gasteiger partial charge in [-0.05, 0) is 57.5 Å². The number of nitroso groups, excluding NO2 is 1. The number of carbonyl (C=O) groups is 1. The van der Waals surface area contributed by atoms with Crippen LogP contribution < -0.4 is 5.32 Å². The predicted octanol–water partition coefficient (Wildman–Crippen LogP) is 5.05. The van der Waals surface area contributed by atoms with Crippen molar-refractivity contribution >= 4 is 39.9 Å². The lowest BCUT2D eigenvalue weighted by Gasteiger charge is -2.32. The van der Waals surface area contributed by atoms with Crippen molar-refractivity contribution in [2.24, 2.45) is 5.18 Å². The van der Waals surface area contributed by atoms with Gasteiger partial charge < -0.3 is 10.2 Å². The van der Waals surface area contributed by atoms with Crippen LogP contribution in [0.5, 0.6) is 0 Å². The van der Waals surface area contributed by atoms with Crippen LogP contribution in [0.4, 0.5) is 5.69 Å². The van der Waals surface area contributed by atoms with Crippen LogP contribution in [0.3, 0.4) is 0 Å². The van der Waals surface area contributed by atoms with Gasteiger partial charge in [0.2, 0.25) is 0 Å². The lowest BCUT2D eigenvalue weighted by Crippen LogP contribution is -2.39. The van der Waals surface area contributed by atoms with Crippen LogP contribution in [0, 0.1) is 4.91 Å². The van der Waals surface area contributed by atoms with Crippen LogP contribution >= 0.6 is 24.0 Å². The second kappa shape index (κ2) is 10.3. The van der Waals surface area contributed by atoms with Crippen LogP contribution in [-0.2, 0) is 4.79 Å². The van der Waals surface area contributed by atoms with Crippen LogP contribution in [0.2, 0.25) is 0 Å². The average Bonchev–Trinajstić information content (AvgIpc) is 2.88. The van der Waals surface area contributed by atoms with E-state index in [1.54, 1.807) is 36.7 Å². The molecule has 1 heterocycles. The molecule has 0 saturated carbocycles. The number of carbonyl (C=O) groups excluding carboxylic acids is 1. The van der Waals surface area contributed by atoms with Gasteiger partial charge in [0, 0.05) is 30.1 Å². The monoisotopic (exact) mass is 416 g/mol. The number of pyridine rings is 1. The van der Waals surface area contributed by atoms with E-state index in [4.69, 9.17) is 12.2 Å². The smallest absolute Gasteiger partial charge is 0.255 e. The van der Waals surface area contributed by atoms with Gasteiger partial charge in [-0.15, -0.1) is 4.91 Å². The third kappa shape index (κ3) is 5.84. The molecule has 0 fully saturated rings. The molecule has 1 amide bonds. The molecule has 148 valence electrons. The summed E-state index contributed by atoms with van der Waals surface area (Å²) in [7, 11) is 0. The zero-order chi connectivity index (χ0) is 20.7. The van der Waals surface area contributed by atoms with E-state index in [2.05, 4.69) is 48.1 Å². The lowest BCUT2D eigenvalue weighted by molar-refractivity contribution is -0.112. The molecule has 0 aromatic carbocycles. The number of rotatable bonds is 6. The highest BCUT2D eigenvalue weighted by Gasteiger charge is 2.20. The lowest BCUT2D eigenvalue weighted by atomic mass is 10.2. The van der Waals surface area contributed by atoms with Gasteiger partial charge in [0.1, 0.15) is 10.0 Å². The van der Waals surface area contributed by atoms with Crippen molar-refractivity contribution in [2.45, 2.75) is 51.1 Å². The number of nitrogens with zero attached hydrogens (tertiary/aromatic N) is 3. The standard InChI is InChI=1S/C20H24N4O2S2/c1-13(2)24(14(3)4)20(27)28-18-12-21-10-9-17(18)22-19(25)15-7-5-6-8-16(11-15)23-26/h6-14H,5H2,1-4H3,(H,21,22,25). The first kappa shape index (κ1) is 22.0. The zero-order valence-electron chi connectivity index (χ0n) is 16.4. The van der Waals surface area contributed by atoms with Crippen LogP contribution in [0.25, 0.3) is 0 Å². The number of hydrogen-bond acceptors (Lipinski definition) is 6. The molecular weight excluding hydrogens is 392 g/mol. The van der Waals surface area contributed by atoms with E-state index in [1.807, 2.05) is 0 Å². The summed E-state index contributed by atoms with van der Waals surface area (Å²) in [5, 5.41) is 5.82. The number of nitrogens with one attached hydrogen (secondary N) is 1. The summed E-state index contributed by atoms with van der Waals surface area (Å²) in [5.41, 5.74) is 1.22. The Morgan fingerprint density at radius 1 is 1.32 bits per heavy atom. The molecular formula is C20H24N4O2S2. The highest BCUT2D eigenvalue weighted by Crippen LogP contribution is 2.30. The molecule has 1 N–H and O–H groups in total. The first-order valence-corrected chi connectivity index (χ1v) is 10.2. The Morgan fingerprint density at radius 2 is 2.04 bits per heavy atom. The second-order valence-corrected chi connectivity index (χ2v) is 8.42. The number of allylic oxidation sites excluding steroid dienone is 3. The molecule has 0 unspecified atom stereocenters. The van der Waals surface area contributed by atoms with Gasteiger partial charge in [0.25, 0.3) is 5.91 Å². The van der Waals surface area contributed by atoms with Gasteiger partial charge in [-0.2, -0.15) is 0 Å². The average molecular weight is 417 g/mol. The molecule has 0 saturated heterocycles. The van der Waals surface area contributed by atoms with Gasteiger partial charge in [0.15, 0.2) is 0 Å². The van der Waals surface area contributed by atoms with Crippen LogP contribution in [0.15, 0.2) is 64.1 Å². The highest BCUT2D eigenvalue weighted by molar-refractivity contribution is 8.23. The Hall–Kier alpha value is -2.32. The first-order chi connectivity index (χ1) is 13.3. The molecule has 0 spiro atoms. The maximum absolute atomic E-state index is 12.7. The highest BCUT2D eigenvalue weighted by atomic mass is 32.2. The maximum Gasteiger partial charge on any atom is 0.255 e. The molecule has 2 rings (SSSR count). The van der Waals surface area contributed by atoms with Crippen molar-refractivity contribution in [3.8, 4) is 0 Å². The van der Waals surface area contributed by atoms with E-state index in [-0.39, 0.29) is 23.7 Å². The van der Waals surface area contributed by atoms with E-state index in [1.165, 1.54) is 17.8 Å². The molecule has 0 radical (unpaired) electrons. The van der Waals surface area contributed by atoms with Gasteiger partial charge in [-0.3, -0.25) is 9.78 Å². The molecule has 1 aromatic rings. The minimum absolute atomic E-state index is 0.217. The summed E-state index contributed by atoms with van der Waals surface area (Å²) in [5.74, 6) is -0.312. The third-order valence-electron chi connectivity index (χ3n) is 3.99. The van der Waals surface area contributed by atoms with Gasteiger partial charge in [0.05, 0.1) is 10.6 Å². The Bertz CT molecular complexity index is 836. The van der Waals surface area contributed by atoms with Crippen LogP contribution in [0.1, 0.15) is 34.1 Å². The fraction of sp³-hybridized carbons (Fsp3) is 0.350. The first-order valence-electron chi connectivity index (χ1n) is 9.00. The molecule has 28 heavy (non-hydrogen) atoms. The SMILES string of the molecule is CC(C)N(C(=S)Sc1cnccc1NC(=O)C1=CCC=CC(N=O)=C1)C(C)C. The predicted molar refractivity (Wildman–Crippen MR) is 119 cm³/mol. The summed E-state index contributed by atoms with van der Waals surface area (Å²) in [4.78, 5) is 30.6. The number of thioether (sulfide) groups is 1. The molecule has 0 atom stereocenters. The van der Waals surface area contributed by atoms with E-state index < -0.39 is 0 Å². The van der Waals surface area contributed by atoms with Crippen molar-refractivity contribution in [1.82, 2.24) is 9.88 Å². The van der Waals surface area contributed by atoms with Crippen molar-refractivity contribution in [2.75, 3.05) is 5.32 Å². The van der Waals surface area contributed by atoms with E-state index in [9.17, 15) is 9.70 Å². The number of anilines is 1. The number of hydrogen-bond donors (Lipinski definition) is 1. The number of aromatic nitrogens is 1. The summed E-state index contributed by atoms with van der Waals surface area (Å²) >= 11 is 7.03. The minimum Gasteiger partial charge on any atom is -0.352 e. The Balaban J connectivity index is 2.20. The molecule has 6 nitrogen and oxygen atoms in total. The van der Waals surface area contributed by atoms with Gasteiger partial charge >= 0.3 is 0 Å². The van der Waals surface area contributed by atoms with Gasteiger partial charge in [-0.1, -0.05) is 36.1 Å². The van der Waals surface area contributed by atoms with Crippen molar-refractivity contribution in [3.63, 3.8) is 0 Å². The summed E-state index contributed by atoms with van der Waals surface area (Å²) in [6.45, 7) is 8.37. The van der Waals surface area contributed by atoms with E-state index in [0.717, 1.165) is 9.22 Å². The van der Waals surface area contributed by atoms with E-state index in [0.29, 0.717) is 17.7 Å². The Kier molecular flexibility index (Phi) is 8.07. The maximum atomic E-state index is 12.7. The number of amides is 1. The summed E-state index contributed by atoms with van der Waals surface area (Å²) in [6.07, 6.45) is 10.5. The fourth-order valence-corrected chi connectivity index (χ4v) is 4.54. The molecule has 1 aliphatic rings. The normalized spacial score (nSPS) is 13.6. The topological polar surface area (TPSA) is 74.7 Å². The zero-order valence-corrected chi connectivity index (χ0v) is 18.0. The molecule has 1 aliphatic carbocycles. The minimum atomic E-state index is -0.312. The van der Waals surface area contributed by atoms with Crippen molar-refractivity contribution in [3.05, 3.63) is 58.9 Å². The van der Waals surface area contributed by atoms with Gasteiger partial charge in [-0.25, -0.2) is 0 Å². The van der Waals surface area contributed by atoms with E-state index >= 15 is 0 Å². The molecule has 0 bridgehead atoms. The van der Waals surface area contributed by atoms with Crippen molar-refractivity contribution in [1.29, 1.82) is 0 Å². The Labute approximate surface area is 175 Å². The third-order valence-corrected chi connectivity index (χ3v) is 5.38. The molecule has 1 aromatic heterocycles.